The second-order valence-corrected chi connectivity index (χ2v) is 5.96. The van der Waals surface area contributed by atoms with Crippen LogP contribution in [0.15, 0.2) is 54.7 Å². The number of hydrogen-bond acceptors (Lipinski definition) is 4. The fourth-order valence-corrected chi connectivity index (χ4v) is 3.01. The molecule has 0 aliphatic carbocycles. The zero-order valence-electron chi connectivity index (χ0n) is 14.6. The molecule has 2 rings (SSSR count). The van der Waals surface area contributed by atoms with Gasteiger partial charge in [-0.3, -0.25) is 9.78 Å². The number of carbonyl (C=O) groups excluding carboxylic acids is 1. The van der Waals surface area contributed by atoms with Crippen LogP contribution in [-0.2, 0) is 14.9 Å². The molecule has 0 aliphatic heterocycles. The summed E-state index contributed by atoms with van der Waals surface area (Å²) in [5.41, 5.74) is 0.975. The van der Waals surface area contributed by atoms with Crippen molar-refractivity contribution < 1.29 is 9.53 Å². The number of benzene rings is 1. The summed E-state index contributed by atoms with van der Waals surface area (Å²) in [4.78, 5) is 15.9. The minimum Gasteiger partial charge on any atom is -0.466 e. The highest BCUT2D eigenvalue weighted by Crippen LogP contribution is 2.35. The average Bonchev–Trinajstić information content (AvgIpc) is 2.66. The first-order valence-electron chi connectivity index (χ1n) is 8.77. The van der Waals surface area contributed by atoms with Crippen LogP contribution in [0.2, 0.25) is 0 Å². The summed E-state index contributed by atoms with van der Waals surface area (Å²) in [5.74, 6) is -0.151. The van der Waals surface area contributed by atoms with Gasteiger partial charge in [0.2, 0.25) is 0 Å². The third-order valence-electron chi connectivity index (χ3n) is 4.30. The van der Waals surface area contributed by atoms with Gasteiger partial charge < -0.3 is 4.74 Å². The first kappa shape index (κ1) is 18.7. The van der Waals surface area contributed by atoms with E-state index in [0.717, 1.165) is 30.5 Å². The predicted molar refractivity (Wildman–Crippen MR) is 96.8 cm³/mol. The molecule has 4 nitrogen and oxygen atoms in total. The quantitative estimate of drug-likeness (QED) is 0.503. The first-order chi connectivity index (χ1) is 12.2. The largest absolute Gasteiger partial charge is 0.466 e. The molecule has 130 valence electrons. The van der Waals surface area contributed by atoms with Crippen LogP contribution in [0.3, 0.4) is 0 Å². The van der Waals surface area contributed by atoms with Crippen LogP contribution in [0.4, 0.5) is 0 Å². The monoisotopic (exact) mass is 336 g/mol. The highest BCUT2D eigenvalue weighted by Gasteiger charge is 2.35. The fourth-order valence-electron chi connectivity index (χ4n) is 3.01. The topological polar surface area (TPSA) is 63.0 Å². The minimum absolute atomic E-state index is 0.151. The summed E-state index contributed by atoms with van der Waals surface area (Å²) in [6.07, 6.45) is 5.33. The Kier molecular flexibility index (Phi) is 7.16. The molecular formula is C21H24N2O2. The molecule has 1 unspecified atom stereocenters. The van der Waals surface area contributed by atoms with Crippen LogP contribution in [0.25, 0.3) is 0 Å². The Labute approximate surface area is 149 Å². The molecule has 2 aromatic rings. The zero-order valence-corrected chi connectivity index (χ0v) is 14.6. The van der Waals surface area contributed by atoms with Crippen LogP contribution >= 0.6 is 0 Å². The first-order valence-corrected chi connectivity index (χ1v) is 8.77. The van der Waals surface area contributed by atoms with Gasteiger partial charge in [0.1, 0.15) is 5.41 Å². The molecule has 0 saturated heterocycles. The van der Waals surface area contributed by atoms with Crippen molar-refractivity contribution in [1.29, 1.82) is 5.26 Å². The molecule has 0 radical (unpaired) electrons. The van der Waals surface area contributed by atoms with Gasteiger partial charge in [0, 0.05) is 12.6 Å². The third-order valence-corrected chi connectivity index (χ3v) is 4.30. The van der Waals surface area contributed by atoms with Crippen molar-refractivity contribution in [2.45, 2.75) is 44.4 Å². The van der Waals surface area contributed by atoms with Gasteiger partial charge in [-0.25, -0.2) is 0 Å². The van der Waals surface area contributed by atoms with E-state index in [2.05, 4.69) is 11.1 Å². The Morgan fingerprint density at radius 3 is 2.52 bits per heavy atom. The van der Waals surface area contributed by atoms with Gasteiger partial charge in [0.05, 0.1) is 18.4 Å². The number of pyridine rings is 1. The lowest BCUT2D eigenvalue weighted by Crippen LogP contribution is -2.27. The Hall–Kier alpha value is -2.67. The second-order valence-electron chi connectivity index (χ2n) is 5.96. The average molecular weight is 336 g/mol. The lowest BCUT2D eigenvalue weighted by molar-refractivity contribution is -0.143. The summed E-state index contributed by atoms with van der Waals surface area (Å²) in [5, 5.41) is 10.0. The number of ether oxygens (including phenoxy) is 1. The van der Waals surface area contributed by atoms with E-state index in [9.17, 15) is 10.1 Å². The number of rotatable bonds is 9. The number of esters is 1. The Morgan fingerprint density at radius 2 is 1.88 bits per heavy atom. The Balaban J connectivity index is 2.09. The van der Waals surface area contributed by atoms with Crippen molar-refractivity contribution in [2.75, 3.05) is 6.61 Å². The molecule has 0 bridgehead atoms. The molecule has 0 amide bonds. The minimum atomic E-state index is -0.757. The van der Waals surface area contributed by atoms with Crippen molar-refractivity contribution in [2.24, 2.45) is 0 Å². The number of carbonyl (C=O) groups is 1. The van der Waals surface area contributed by atoms with Crippen LogP contribution < -0.4 is 0 Å². The highest BCUT2D eigenvalue weighted by molar-refractivity contribution is 5.69. The maximum absolute atomic E-state index is 11.4. The van der Waals surface area contributed by atoms with Crippen molar-refractivity contribution in [3.8, 4) is 6.07 Å². The molecule has 1 aromatic heterocycles. The van der Waals surface area contributed by atoms with E-state index in [0.29, 0.717) is 19.4 Å². The van der Waals surface area contributed by atoms with Gasteiger partial charge >= 0.3 is 5.97 Å². The zero-order chi connectivity index (χ0) is 18.0. The lowest BCUT2D eigenvalue weighted by Gasteiger charge is -2.26. The normalized spacial score (nSPS) is 12.8. The predicted octanol–water partition coefficient (Wildman–Crippen LogP) is 4.40. The molecule has 0 aliphatic rings. The smallest absolute Gasteiger partial charge is 0.305 e. The standard InChI is InChI=1S/C21H24N2O2/c1-2-25-20(24)14-7-4-9-15-21(17-22,18-11-5-3-6-12-18)19-13-8-10-16-23-19/h3,5-6,8,10-13,16H,2,4,7,9,14-15H2,1H3. The van der Waals surface area contributed by atoms with Crippen molar-refractivity contribution in [3.05, 3.63) is 66.0 Å². The van der Waals surface area contributed by atoms with E-state index < -0.39 is 5.41 Å². The molecule has 1 atom stereocenters. The van der Waals surface area contributed by atoms with Crippen LogP contribution in [0.1, 0.15) is 50.3 Å². The summed E-state index contributed by atoms with van der Waals surface area (Å²) in [7, 11) is 0. The molecule has 0 fully saturated rings. The Morgan fingerprint density at radius 1 is 1.12 bits per heavy atom. The molecule has 25 heavy (non-hydrogen) atoms. The number of aromatic nitrogens is 1. The van der Waals surface area contributed by atoms with Crippen molar-refractivity contribution in [3.63, 3.8) is 0 Å². The SMILES string of the molecule is CCOC(=O)CCCCCC(C#N)(c1ccccc1)c1ccccn1. The third kappa shape index (κ3) is 4.90. The summed E-state index contributed by atoms with van der Waals surface area (Å²) in [6, 6.07) is 18.0. The summed E-state index contributed by atoms with van der Waals surface area (Å²) >= 11 is 0. The van der Waals surface area contributed by atoms with Gasteiger partial charge in [0.25, 0.3) is 0 Å². The Bertz CT molecular complexity index is 653. The lowest BCUT2D eigenvalue weighted by atomic mass is 9.74. The fraction of sp³-hybridized carbons (Fsp3) is 0.381. The van der Waals surface area contributed by atoms with Crippen molar-refractivity contribution in [1.82, 2.24) is 4.98 Å². The van der Waals surface area contributed by atoms with Gasteiger partial charge in [0.15, 0.2) is 0 Å². The van der Waals surface area contributed by atoms with E-state index in [-0.39, 0.29) is 5.97 Å². The number of hydrogen-bond donors (Lipinski definition) is 0. The van der Waals surface area contributed by atoms with E-state index >= 15 is 0 Å². The van der Waals surface area contributed by atoms with E-state index in [1.165, 1.54) is 0 Å². The number of nitriles is 1. The number of nitrogens with zero attached hydrogens (tertiary/aromatic N) is 2. The maximum Gasteiger partial charge on any atom is 0.305 e. The molecule has 4 heteroatoms. The molecule has 0 N–H and O–H groups in total. The van der Waals surface area contributed by atoms with Gasteiger partial charge in [-0.05, 0) is 37.5 Å². The molecule has 1 heterocycles. The van der Waals surface area contributed by atoms with E-state index in [1.807, 2.05) is 55.5 Å². The van der Waals surface area contributed by atoms with Crippen LogP contribution in [0, 0.1) is 11.3 Å². The molecule has 0 spiro atoms. The highest BCUT2D eigenvalue weighted by atomic mass is 16.5. The van der Waals surface area contributed by atoms with Gasteiger partial charge in [-0.2, -0.15) is 5.26 Å². The molecular weight excluding hydrogens is 312 g/mol. The van der Waals surface area contributed by atoms with Gasteiger partial charge in [-0.15, -0.1) is 0 Å². The van der Waals surface area contributed by atoms with Crippen molar-refractivity contribution >= 4 is 5.97 Å². The van der Waals surface area contributed by atoms with Crippen LogP contribution in [-0.4, -0.2) is 17.6 Å². The molecule has 1 aromatic carbocycles. The summed E-state index contributed by atoms with van der Waals surface area (Å²) in [6.45, 7) is 2.23. The summed E-state index contributed by atoms with van der Waals surface area (Å²) < 4.78 is 4.95. The van der Waals surface area contributed by atoms with E-state index in [1.54, 1.807) is 6.20 Å². The molecule has 0 saturated carbocycles. The second kappa shape index (κ2) is 9.58. The van der Waals surface area contributed by atoms with E-state index in [4.69, 9.17) is 4.74 Å². The van der Waals surface area contributed by atoms with Gasteiger partial charge in [-0.1, -0.05) is 49.2 Å². The maximum atomic E-state index is 11.4. The van der Waals surface area contributed by atoms with Crippen LogP contribution in [0.5, 0.6) is 0 Å². The number of unbranched alkanes of at least 4 members (excludes halogenated alkanes) is 2.